The fourth-order valence-electron chi connectivity index (χ4n) is 3.10. The molecule has 2 N–H and O–H groups in total. The van der Waals surface area contributed by atoms with Gasteiger partial charge in [-0.2, -0.15) is 0 Å². The van der Waals surface area contributed by atoms with E-state index in [2.05, 4.69) is 9.80 Å². The lowest BCUT2D eigenvalue weighted by atomic mass is 10.0. The van der Waals surface area contributed by atoms with Crippen molar-refractivity contribution < 1.29 is 4.79 Å². The number of nitrogens with zero attached hydrogens (tertiary/aromatic N) is 2. The average Bonchev–Trinajstić information content (AvgIpc) is 2.66. The quantitative estimate of drug-likeness (QED) is 0.840. The third-order valence-corrected chi connectivity index (χ3v) is 4.31. The first-order valence-electron chi connectivity index (χ1n) is 7.47. The first-order chi connectivity index (χ1) is 8.68. The van der Waals surface area contributed by atoms with Gasteiger partial charge in [0.1, 0.15) is 0 Å². The van der Waals surface area contributed by atoms with Crippen molar-refractivity contribution in [3.63, 3.8) is 0 Å². The third kappa shape index (κ3) is 4.62. The number of carbonyl (C=O) groups excluding carboxylic acids is 1. The normalized spacial score (nSPS) is 27.3. The summed E-state index contributed by atoms with van der Waals surface area (Å²) in [5, 5.41) is 0. The fourth-order valence-corrected chi connectivity index (χ4v) is 3.10. The van der Waals surface area contributed by atoms with E-state index in [0.29, 0.717) is 5.91 Å². The lowest BCUT2D eigenvalue weighted by molar-refractivity contribution is -0.136. The number of likely N-dealkylation sites (tertiary alicyclic amines) is 2. The molecule has 0 aromatic rings. The summed E-state index contributed by atoms with van der Waals surface area (Å²) in [7, 11) is 0. The van der Waals surface area contributed by atoms with Gasteiger partial charge in [0.25, 0.3) is 0 Å². The van der Waals surface area contributed by atoms with Crippen molar-refractivity contribution in [2.75, 3.05) is 26.2 Å². The largest absolute Gasteiger partial charge is 0.341 e. The summed E-state index contributed by atoms with van der Waals surface area (Å²) in [5.74, 6) is 0.311. The van der Waals surface area contributed by atoms with Crippen LogP contribution in [0.25, 0.3) is 0 Å². The van der Waals surface area contributed by atoms with Gasteiger partial charge in [0, 0.05) is 25.7 Å². The second-order valence-corrected chi connectivity index (χ2v) is 5.81. The van der Waals surface area contributed by atoms with E-state index in [1.54, 1.807) is 0 Å². The summed E-state index contributed by atoms with van der Waals surface area (Å²) in [6.45, 7) is 5.84. The topological polar surface area (TPSA) is 49.6 Å². The lowest BCUT2D eigenvalue weighted by Crippen LogP contribution is -2.53. The molecule has 0 aromatic heterocycles. The fraction of sp³-hybridized carbons (Fsp3) is 0.929. The minimum atomic E-state index is 0. The second kappa shape index (κ2) is 8.08. The smallest absolute Gasteiger partial charge is 0.239 e. The maximum Gasteiger partial charge on any atom is 0.239 e. The summed E-state index contributed by atoms with van der Waals surface area (Å²) in [6.07, 6.45) is 7.09. The van der Waals surface area contributed by atoms with Gasteiger partial charge in [0.2, 0.25) is 5.91 Å². The molecule has 112 valence electrons. The number of nitrogens with two attached hydrogens (primary N) is 1. The molecule has 2 heterocycles. The van der Waals surface area contributed by atoms with Crippen molar-refractivity contribution in [2.24, 2.45) is 5.73 Å². The molecule has 0 bridgehead atoms. The molecule has 2 saturated heterocycles. The molecule has 0 radical (unpaired) electrons. The van der Waals surface area contributed by atoms with Gasteiger partial charge in [0.05, 0.1) is 6.04 Å². The van der Waals surface area contributed by atoms with E-state index in [4.69, 9.17) is 5.73 Å². The van der Waals surface area contributed by atoms with Crippen LogP contribution < -0.4 is 5.73 Å². The lowest BCUT2D eigenvalue weighted by Gasteiger charge is -2.36. The summed E-state index contributed by atoms with van der Waals surface area (Å²) >= 11 is 0. The molecule has 2 atom stereocenters. The molecule has 5 heteroatoms. The van der Waals surface area contributed by atoms with E-state index in [9.17, 15) is 4.79 Å². The van der Waals surface area contributed by atoms with Crippen molar-refractivity contribution >= 4 is 18.3 Å². The summed E-state index contributed by atoms with van der Waals surface area (Å²) in [4.78, 5) is 16.8. The number of hydrogen-bond acceptors (Lipinski definition) is 3. The average molecular weight is 290 g/mol. The van der Waals surface area contributed by atoms with E-state index >= 15 is 0 Å². The van der Waals surface area contributed by atoms with Crippen LogP contribution >= 0.6 is 12.4 Å². The highest BCUT2D eigenvalue weighted by atomic mass is 35.5. The molecule has 2 unspecified atom stereocenters. The summed E-state index contributed by atoms with van der Waals surface area (Å²) in [6, 6.07) is 0.257. The van der Waals surface area contributed by atoms with Gasteiger partial charge in [0.15, 0.2) is 0 Å². The van der Waals surface area contributed by atoms with E-state index in [1.165, 1.54) is 12.8 Å². The van der Waals surface area contributed by atoms with Crippen molar-refractivity contribution in [3.05, 3.63) is 0 Å². The van der Waals surface area contributed by atoms with Crippen molar-refractivity contribution in [3.8, 4) is 0 Å². The Balaban J connectivity index is 0.00000180. The van der Waals surface area contributed by atoms with E-state index in [1.807, 2.05) is 6.92 Å². The Morgan fingerprint density at radius 2 is 1.74 bits per heavy atom. The van der Waals surface area contributed by atoms with Crippen LogP contribution in [-0.2, 0) is 4.79 Å². The Hall–Kier alpha value is -0.320. The molecular formula is C14H28ClN3O. The van der Waals surface area contributed by atoms with Crippen LogP contribution in [0, 0.1) is 0 Å². The van der Waals surface area contributed by atoms with Crippen molar-refractivity contribution in [2.45, 2.75) is 57.5 Å². The van der Waals surface area contributed by atoms with Gasteiger partial charge < -0.3 is 10.6 Å². The Labute approximate surface area is 123 Å². The van der Waals surface area contributed by atoms with Crippen LogP contribution in [0.2, 0.25) is 0 Å². The van der Waals surface area contributed by atoms with Gasteiger partial charge >= 0.3 is 0 Å². The minimum absolute atomic E-state index is 0. The molecule has 2 rings (SSSR count). The van der Waals surface area contributed by atoms with Gasteiger partial charge in [-0.15, -0.1) is 12.4 Å². The molecule has 19 heavy (non-hydrogen) atoms. The zero-order chi connectivity index (χ0) is 13.0. The molecule has 0 saturated carbocycles. The Kier molecular flexibility index (Phi) is 7.11. The second-order valence-electron chi connectivity index (χ2n) is 5.81. The highest BCUT2D eigenvalue weighted by Gasteiger charge is 2.29. The number of piperidine rings is 1. The van der Waals surface area contributed by atoms with E-state index in [-0.39, 0.29) is 24.5 Å². The Morgan fingerprint density at radius 3 is 2.32 bits per heavy atom. The van der Waals surface area contributed by atoms with Crippen LogP contribution in [0.4, 0.5) is 0 Å². The van der Waals surface area contributed by atoms with Crippen molar-refractivity contribution in [1.82, 2.24) is 9.80 Å². The van der Waals surface area contributed by atoms with Gasteiger partial charge in [-0.3, -0.25) is 9.69 Å². The first-order valence-corrected chi connectivity index (χ1v) is 7.47. The minimum Gasteiger partial charge on any atom is -0.341 e. The molecule has 4 nitrogen and oxygen atoms in total. The monoisotopic (exact) mass is 289 g/mol. The predicted molar refractivity (Wildman–Crippen MR) is 80.5 cm³/mol. The maximum absolute atomic E-state index is 12.5. The molecule has 2 aliphatic rings. The number of carbonyl (C=O) groups is 1. The molecule has 2 fully saturated rings. The first kappa shape index (κ1) is 16.7. The number of amides is 1. The van der Waals surface area contributed by atoms with Crippen LogP contribution in [0.3, 0.4) is 0 Å². The molecule has 2 aliphatic heterocycles. The predicted octanol–water partition coefficient (Wildman–Crippen LogP) is 1.62. The Morgan fingerprint density at radius 1 is 1.11 bits per heavy atom. The van der Waals surface area contributed by atoms with Crippen LogP contribution in [0.15, 0.2) is 0 Å². The maximum atomic E-state index is 12.5. The zero-order valence-corrected chi connectivity index (χ0v) is 12.8. The van der Waals surface area contributed by atoms with E-state index < -0.39 is 0 Å². The SMILES string of the molecule is CC(C(=O)N1CCCCCC1)N1CCCC(N)C1.Cl. The molecular weight excluding hydrogens is 262 g/mol. The Bertz CT molecular complexity index is 280. The van der Waals surface area contributed by atoms with Gasteiger partial charge in [-0.05, 0) is 39.2 Å². The summed E-state index contributed by atoms with van der Waals surface area (Å²) < 4.78 is 0. The third-order valence-electron chi connectivity index (χ3n) is 4.31. The standard InChI is InChI=1S/C14H27N3O.ClH/c1-12(17-10-6-7-13(15)11-17)14(18)16-8-4-2-3-5-9-16;/h12-13H,2-11,15H2,1H3;1H. The van der Waals surface area contributed by atoms with Crippen molar-refractivity contribution in [1.29, 1.82) is 0 Å². The number of halogens is 1. The molecule has 0 aromatic carbocycles. The highest BCUT2D eigenvalue weighted by Crippen LogP contribution is 2.16. The number of rotatable bonds is 2. The molecule has 1 amide bonds. The molecule has 0 aliphatic carbocycles. The van der Waals surface area contributed by atoms with Crippen LogP contribution in [0.1, 0.15) is 45.4 Å². The van der Waals surface area contributed by atoms with Crippen LogP contribution in [0.5, 0.6) is 0 Å². The number of hydrogen-bond donors (Lipinski definition) is 1. The van der Waals surface area contributed by atoms with Gasteiger partial charge in [-0.25, -0.2) is 0 Å². The van der Waals surface area contributed by atoms with Gasteiger partial charge in [-0.1, -0.05) is 12.8 Å². The highest BCUT2D eigenvalue weighted by molar-refractivity contribution is 5.85. The van der Waals surface area contributed by atoms with Crippen LogP contribution in [-0.4, -0.2) is 54.0 Å². The molecule has 0 spiro atoms. The summed E-state index contributed by atoms with van der Waals surface area (Å²) in [5.41, 5.74) is 6.00. The van der Waals surface area contributed by atoms with E-state index in [0.717, 1.165) is 51.9 Å². The zero-order valence-electron chi connectivity index (χ0n) is 12.0.